The van der Waals surface area contributed by atoms with Gasteiger partial charge in [-0.05, 0) is 12.1 Å². The summed E-state index contributed by atoms with van der Waals surface area (Å²) in [6.07, 6.45) is -5.00. The van der Waals surface area contributed by atoms with Crippen molar-refractivity contribution in [2.75, 3.05) is 17.7 Å². The highest BCUT2D eigenvalue weighted by Gasteiger charge is 2.72. The molecule has 9 heteroatoms. The van der Waals surface area contributed by atoms with Crippen LogP contribution < -0.4 is 5.32 Å². The summed E-state index contributed by atoms with van der Waals surface area (Å²) in [6, 6.07) is 8.00. The molecule has 1 aliphatic heterocycles. The van der Waals surface area contributed by atoms with E-state index in [2.05, 4.69) is 10.1 Å². The van der Waals surface area contributed by atoms with Crippen molar-refractivity contribution in [1.82, 2.24) is 0 Å². The zero-order chi connectivity index (χ0) is 15.7. The molecular formula is C12H10Cl2F3NO2S. The van der Waals surface area contributed by atoms with Gasteiger partial charge in [-0.2, -0.15) is 13.2 Å². The highest BCUT2D eigenvalue weighted by Crippen LogP contribution is 2.56. The molecule has 0 saturated carbocycles. The monoisotopic (exact) mass is 359 g/mol. The summed E-state index contributed by atoms with van der Waals surface area (Å²) in [7, 11) is 0. The van der Waals surface area contributed by atoms with E-state index in [1.54, 1.807) is 18.2 Å². The molecule has 1 saturated heterocycles. The van der Waals surface area contributed by atoms with Crippen LogP contribution in [-0.2, 0) is 9.53 Å². The smallest absolute Gasteiger partial charge is 0.348 e. The Bertz CT molecular complexity index is 531. The number of halogens is 5. The largest absolute Gasteiger partial charge is 0.435 e. The number of hydrogen-bond acceptors (Lipinski definition) is 3. The molecule has 21 heavy (non-hydrogen) atoms. The maximum absolute atomic E-state index is 13.2. The number of ether oxygens (including phenoxy) is 1. The van der Waals surface area contributed by atoms with Crippen molar-refractivity contribution in [2.24, 2.45) is 0 Å². The van der Waals surface area contributed by atoms with Crippen LogP contribution in [0, 0.1) is 0 Å². The highest BCUT2D eigenvalue weighted by atomic mass is 35.5. The number of para-hydroxylation sites is 1. The molecule has 0 bridgehead atoms. The zero-order valence-corrected chi connectivity index (χ0v) is 12.7. The van der Waals surface area contributed by atoms with Crippen molar-refractivity contribution < 1.29 is 22.7 Å². The molecule has 1 heterocycles. The second kappa shape index (κ2) is 5.87. The van der Waals surface area contributed by atoms with Crippen LogP contribution in [0.5, 0.6) is 0 Å². The summed E-state index contributed by atoms with van der Waals surface area (Å²) in [5.41, 5.74) is 0.315. The standard InChI is InChI=1S/C12H10Cl2F3NO2S/c13-10(9(19)18-8-4-2-1-3-5-8)11(14,12(15,16)17)20-6-7-21-10/h1-5H,6-7H2,(H,18,19)/t10-,11+/m0/s1. The molecule has 1 N–H and O–H groups in total. The molecule has 0 spiro atoms. The topological polar surface area (TPSA) is 38.3 Å². The average molecular weight is 360 g/mol. The first-order chi connectivity index (χ1) is 9.71. The third-order valence-corrected chi connectivity index (χ3v) is 5.61. The van der Waals surface area contributed by atoms with Gasteiger partial charge in [0.25, 0.3) is 11.0 Å². The summed E-state index contributed by atoms with van der Waals surface area (Å²) in [6.45, 7) is -0.249. The number of carbonyl (C=O) groups excluding carboxylic acids is 1. The van der Waals surface area contributed by atoms with Crippen LogP contribution in [0.4, 0.5) is 18.9 Å². The number of amides is 1. The summed E-state index contributed by atoms with van der Waals surface area (Å²) in [5, 5.41) is -0.965. The van der Waals surface area contributed by atoms with E-state index in [0.717, 1.165) is 0 Å². The minimum atomic E-state index is -5.00. The number of rotatable bonds is 2. The number of hydrogen-bond donors (Lipinski definition) is 1. The van der Waals surface area contributed by atoms with Gasteiger partial charge in [0.1, 0.15) is 0 Å². The Morgan fingerprint density at radius 3 is 2.48 bits per heavy atom. The lowest BCUT2D eigenvalue weighted by Gasteiger charge is -2.43. The molecule has 0 unspecified atom stereocenters. The third kappa shape index (κ3) is 2.97. The lowest BCUT2D eigenvalue weighted by Crippen LogP contribution is -2.63. The summed E-state index contributed by atoms with van der Waals surface area (Å²) in [5.74, 6) is -0.955. The Labute approximate surface area is 133 Å². The Morgan fingerprint density at radius 1 is 1.29 bits per heavy atom. The van der Waals surface area contributed by atoms with Gasteiger partial charge in [0.05, 0.1) is 6.61 Å². The van der Waals surface area contributed by atoms with Crippen molar-refractivity contribution in [1.29, 1.82) is 0 Å². The van der Waals surface area contributed by atoms with Crippen LogP contribution in [0.1, 0.15) is 0 Å². The maximum atomic E-state index is 13.2. The number of thioether (sulfide) groups is 1. The van der Waals surface area contributed by atoms with Gasteiger partial charge < -0.3 is 10.1 Å². The van der Waals surface area contributed by atoms with E-state index < -0.39 is 21.3 Å². The van der Waals surface area contributed by atoms with E-state index >= 15 is 0 Å². The van der Waals surface area contributed by atoms with Crippen LogP contribution in [0.25, 0.3) is 0 Å². The van der Waals surface area contributed by atoms with Gasteiger partial charge in [-0.25, -0.2) is 0 Å². The first-order valence-electron chi connectivity index (χ1n) is 5.80. The lowest BCUT2D eigenvalue weighted by molar-refractivity contribution is -0.244. The summed E-state index contributed by atoms with van der Waals surface area (Å²) < 4.78 is 41.7. The molecule has 1 fully saturated rings. The Balaban J connectivity index is 2.31. The fourth-order valence-corrected chi connectivity index (χ4v) is 3.52. The first kappa shape index (κ1) is 16.7. The van der Waals surface area contributed by atoms with E-state index in [1.807, 2.05) is 0 Å². The Kier molecular flexibility index (Phi) is 4.68. The van der Waals surface area contributed by atoms with E-state index in [4.69, 9.17) is 23.2 Å². The predicted molar refractivity (Wildman–Crippen MR) is 76.7 cm³/mol. The molecule has 0 aromatic heterocycles. The number of alkyl halides is 5. The van der Waals surface area contributed by atoms with Crippen LogP contribution in [0.15, 0.2) is 30.3 Å². The van der Waals surface area contributed by atoms with Crippen molar-refractivity contribution in [3.8, 4) is 0 Å². The van der Waals surface area contributed by atoms with Crippen LogP contribution in [0.2, 0.25) is 0 Å². The lowest BCUT2D eigenvalue weighted by atomic mass is 10.2. The predicted octanol–water partition coefficient (Wildman–Crippen LogP) is 3.82. The second-order valence-corrected chi connectivity index (χ2v) is 6.84. The molecule has 0 aliphatic carbocycles. The van der Waals surface area contributed by atoms with Crippen molar-refractivity contribution in [3.05, 3.63) is 30.3 Å². The minimum absolute atomic E-state index is 0.121. The van der Waals surface area contributed by atoms with E-state index in [1.165, 1.54) is 12.1 Å². The second-order valence-electron chi connectivity index (χ2n) is 4.21. The fourth-order valence-electron chi connectivity index (χ4n) is 1.76. The fraction of sp³-hybridized carbons (Fsp3) is 0.417. The van der Waals surface area contributed by atoms with Gasteiger partial charge in [-0.1, -0.05) is 41.4 Å². The molecule has 1 aromatic rings. The summed E-state index contributed by atoms with van der Waals surface area (Å²) in [4.78, 5) is 12.2. The zero-order valence-electron chi connectivity index (χ0n) is 10.4. The molecule has 2 rings (SSSR count). The molecule has 1 aromatic carbocycles. The number of nitrogens with one attached hydrogen (secondary N) is 1. The number of benzene rings is 1. The summed E-state index contributed by atoms with van der Waals surface area (Å²) >= 11 is 12.1. The van der Waals surface area contributed by atoms with Crippen LogP contribution in [0.3, 0.4) is 0 Å². The van der Waals surface area contributed by atoms with Gasteiger partial charge in [0.15, 0.2) is 0 Å². The minimum Gasteiger partial charge on any atom is -0.348 e. The number of anilines is 1. The molecule has 1 amide bonds. The van der Waals surface area contributed by atoms with E-state index in [-0.39, 0.29) is 12.4 Å². The SMILES string of the molecule is O=C(Nc1ccccc1)[C@]1(Cl)SCCO[C@@]1(Cl)C(F)(F)F. The Hall–Kier alpha value is -0.630. The van der Waals surface area contributed by atoms with Crippen LogP contribution in [-0.4, -0.2) is 33.7 Å². The van der Waals surface area contributed by atoms with Gasteiger partial charge in [-0.3, -0.25) is 4.79 Å². The van der Waals surface area contributed by atoms with Gasteiger partial charge >= 0.3 is 6.18 Å². The van der Waals surface area contributed by atoms with Gasteiger partial charge in [0, 0.05) is 11.4 Å². The van der Waals surface area contributed by atoms with Crippen molar-refractivity contribution in [3.63, 3.8) is 0 Å². The molecule has 1 aliphatic rings. The van der Waals surface area contributed by atoms with Crippen LogP contribution >= 0.6 is 35.0 Å². The quantitative estimate of drug-likeness (QED) is 0.815. The highest BCUT2D eigenvalue weighted by molar-refractivity contribution is 8.03. The molecule has 0 radical (unpaired) electrons. The van der Waals surface area contributed by atoms with E-state index in [9.17, 15) is 18.0 Å². The Morgan fingerprint density at radius 2 is 1.90 bits per heavy atom. The normalized spacial score (nSPS) is 30.0. The molecular weight excluding hydrogens is 350 g/mol. The van der Waals surface area contributed by atoms with Gasteiger partial charge in [0.2, 0.25) is 4.21 Å². The number of carbonyl (C=O) groups is 1. The van der Waals surface area contributed by atoms with E-state index in [0.29, 0.717) is 17.4 Å². The maximum Gasteiger partial charge on any atom is 0.435 e. The van der Waals surface area contributed by atoms with Crippen molar-refractivity contribution >= 4 is 46.6 Å². The molecule has 116 valence electrons. The molecule has 3 nitrogen and oxygen atoms in total. The third-order valence-electron chi connectivity index (χ3n) is 2.79. The van der Waals surface area contributed by atoms with Gasteiger partial charge in [-0.15, -0.1) is 11.8 Å². The average Bonchev–Trinajstić information content (AvgIpc) is 2.42. The van der Waals surface area contributed by atoms with Crippen molar-refractivity contribution in [2.45, 2.75) is 15.4 Å². The molecule has 2 atom stereocenters. The first-order valence-corrected chi connectivity index (χ1v) is 7.54.